The predicted molar refractivity (Wildman–Crippen MR) is 174 cm³/mol. The molecule has 1 atom stereocenters. The molecule has 6 nitrogen and oxygen atoms in total. The molecule has 2 rings (SSSR count). The summed E-state index contributed by atoms with van der Waals surface area (Å²) in [4.78, 5) is 16.3. The van der Waals surface area contributed by atoms with Gasteiger partial charge in [0.25, 0.3) is 5.70 Å². The molecule has 0 aromatic heterocycles. The van der Waals surface area contributed by atoms with E-state index in [9.17, 15) is 4.79 Å². The highest BCUT2D eigenvalue weighted by atomic mass is 28.5. The van der Waals surface area contributed by atoms with Crippen LogP contribution in [-0.2, 0) is 21.9 Å². The third kappa shape index (κ3) is 12.4. The Hall–Kier alpha value is -2.37. The number of allylic oxidation sites excluding steroid dienone is 2. The number of nitrogens with zero attached hydrogens (tertiary/aromatic N) is 1. The van der Waals surface area contributed by atoms with E-state index in [0.717, 1.165) is 16.7 Å². The second-order valence-corrected chi connectivity index (χ2v) is 28.7. The molecule has 0 aliphatic rings. The van der Waals surface area contributed by atoms with E-state index in [4.69, 9.17) is 23.7 Å². The standard InChI is InChI=1S/C30H45NO5Si4/c1-31-29(23-22-28(26-18-13-11-14-19-26)27-20-15-12-16-21-27)30(32)33-24-17-25-40(10,35-38(5,6)7)36-39(8,9)34-37(2,3)4/h11-16,18-23H,17,24-25H2,2-10H3/b29-23-. The van der Waals surface area contributed by atoms with Crippen LogP contribution in [0.2, 0.25) is 65.0 Å². The maximum Gasteiger partial charge on any atom is 0.336 e. The van der Waals surface area contributed by atoms with Gasteiger partial charge in [-0.2, -0.15) is 0 Å². The summed E-state index contributed by atoms with van der Waals surface area (Å²) in [7, 11) is -8.64. The van der Waals surface area contributed by atoms with Crippen LogP contribution in [0.15, 0.2) is 78.5 Å². The summed E-state index contributed by atoms with van der Waals surface area (Å²) < 4.78 is 25.3. The third-order valence-electron chi connectivity index (χ3n) is 5.45. The van der Waals surface area contributed by atoms with Gasteiger partial charge in [0.05, 0.1) is 13.2 Å². The Morgan fingerprint density at radius 3 is 1.70 bits per heavy atom. The van der Waals surface area contributed by atoms with Gasteiger partial charge in [0, 0.05) is 0 Å². The van der Waals surface area contributed by atoms with E-state index in [1.54, 1.807) is 6.08 Å². The van der Waals surface area contributed by atoms with Crippen molar-refractivity contribution in [2.75, 3.05) is 6.61 Å². The predicted octanol–water partition coefficient (Wildman–Crippen LogP) is 8.35. The molecule has 0 amide bonds. The molecule has 0 saturated carbocycles. The smallest absolute Gasteiger partial charge is 0.336 e. The van der Waals surface area contributed by atoms with Crippen LogP contribution in [0.3, 0.4) is 0 Å². The Morgan fingerprint density at radius 2 is 1.25 bits per heavy atom. The molecular weight excluding hydrogens is 567 g/mol. The Balaban J connectivity index is 2.12. The topological polar surface area (TPSA) is 58.4 Å². The molecular formula is C30H45NO5Si4. The lowest BCUT2D eigenvalue weighted by Crippen LogP contribution is -2.56. The summed E-state index contributed by atoms with van der Waals surface area (Å²) in [6, 6.07) is 20.5. The minimum Gasteiger partial charge on any atom is -0.471 e. The van der Waals surface area contributed by atoms with Crippen molar-refractivity contribution >= 4 is 45.3 Å². The first kappa shape index (κ1) is 33.8. The number of hydrogen-bond donors (Lipinski definition) is 0. The molecule has 0 aliphatic heterocycles. The SMILES string of the molecule is [C-]#[N+]/C(=C\C=C(c1ccccc1)c1ccccc1)C(=O)OCCC[Si](C)(O[Si](C)(C)C)O[Si](C)(C)O[Si](C)(C)C. The van der Waals surface area contributed by atoms with Crippen LogP contribution in [0.25, 0.3) is 10.4 Å². The maximum absolute atomic E-state index is 12.8. The van der Waals surface area contributed by atoms with Crippen LogP contribution in [-0.4, -0.2) is 46.3 Å². The summed E-state index contributed by atoms with van der Waals surface area (Å²) >= 11 is 0. The Bertz CT molecular complexity index is 1170. The van der Waals surface area contributed by atoms with Crippen molar-refractivity contribution in [1.82, 2.24) is 0 Å². The quantitative estimate of drug-likeness (QED) is 0.0537. The molecule has 0 bridgehead atoms. The molecule has 0 aliphatic carbocycles. The fourth-order valence-electron chi connectivity index (χ4n) is 4.59. The fourth-order valence-corrected chi connectivity index (χ4v) is 22.5. The lowest BCUT2D eigenvalue weighted by atomic mass is 9.97. The second kappa shape index (κ2) is 14.5. The van der Waals surface area contributed by atoms with Crippen LogP contribution < -0.4 is 0 Å². The van der Waals surface area contributed by atoms with Gasteiger partial charge in [-0.25, -0.2) is 4.85 Å². The van der Waals surface area contributed by atoms with Crippen molar-refractivity contribution in [3.63, 3.8) is 0 Å². The average molecular weight is 612 g/mol. The number of carbonyl (C=O) groups excluding carboxylic acids is 1. The minimum atomic E-state index is -2.59. The Morgan fingerprint density at radius 1 is 0.750 bits per heavy atom. The molecule has 0 N–H and O–H groups in total. The van der Waals surface area contributed by atoms with Crippen molar-refractivity contribution < 1.29 is 21.9 Å². The first-order valence-corrected chi connectivity index (χ1v) is 25.9. The molecule has 0 heterocycles. The molecule has 10 heteroatoms. The van der Waals surface area contributed by atoms with Crippen molar-refractivity contribution in [2.24, 2.45) is 0 Å². The zero-order chi connectivity index (χ0) is 30.0. The lowest BCUT2D eigenvalue weighted by Gasteiger charge is -2.41. The number of benzene rings is 2. The van der Waals surface area contributed by atoms with Crippen molar-refractivity contribution in [2.45, 2.75) is 71.4 Å². The molecule has 2 aromatic rings. The van der Waals surface area contributed by atoms with Gasteiger partial charge in [0.15, 0.2) is 16.6 Å². The van der Waals surface area contributed by atoms with E-state index in [1.165, 1.54) is 0 Å². The van der Waals surface area contributed by atoms with Gasteiger partial charge >= 0.3 is 23.1 Å². The molecule has 0 fully saturated rings. The van der Waals surface area contributed by atoms with E-state index < -0.39 is 39.7 Å². The van der Waals surface area contributed by atoms with Gasteiger partial charge in [-0.05, 0) is 94.2 Å². The van der Waals surface area contributed by atoms with E-state index >= 15 is 0 Å². The van der Waals surface area contributed by atoms with Gasteiger partial charge in [-0.15, -0.1) is 0 Å². The van der Waals surface area contributed by atoms with Crippen LogP contribution in [0.5, 0.6) is 0 Å². The van der Waals surface area contributed by atoms with Crippen LogP contribution >= 0.6 is 0 Å². The molecule has 40 heavy (non-hydrogen) atoms. The highest BCUT2D eigenvalue weighted by Gasteiger charge is 2.44. The van der Waals surface area contributed by atoms with Crippen molar-refractivity contribution in [3.05, 3.63) is 101 Å². The number of hydrogen-bond acceptors (Lipinski definition) is 5. The molecule has 0 saturated heterocycles. The Kier molecular flexibility index (Phi) is 12.3. The van der Waals surface area contributed by atoms with E-state index in [-0.39, 0.29) is 12.3 Å². The van der Waals surface area contributed by atoms with E-state index in [1.807, 2.05) is 66.7 Å². The van der Waals surface area contributed by atoms with Gasteiger partial charge in [-0.1, -0.05) is 66.7 Å². The molecule has 0 spiro atoms. The highest BCUT2D eigenvalue weighted by molar-refractivity contribution is 6.89. The first-order valence-electron chi connectivity index (χ1n) is 13.7. The van der Waals surface area contributed by atoms with Gasteiger partial charge < -0.3 is 17.1 Å². The molecule has 1 unspecified atom stereocenters. The largest absolute Gasteiger partial charge is 0.471 e. The fraction of sp³-hybridized carbons (Fsp3) is 0.400. The van der Waals surface area contributed by atoms with E-state index in [0.29, 0.717) is 12.5 Å². The van der Waals surface area contributed by atoms with Crippen LogP contribution in [0, 0.1) is 6.57 Å². The third-order valence-corrected chi connectivity index (χ3v) is 19.0. The first-order chi connectivity index (χ1) is 18.5. The average Bonchev–Trinajstić information content (AvgIpc) is 2.82. The Labute approximate surface area is 245 Å². The highest BCUT2D eigenvalue weighted by Crippen LogP contribution is 2.28. The van der Waals surface area contributed by atoms with E-state index in [2.05, 4.69) is 63.8 Å². The summed E-state index contributed by atoms with van der Waals surface area (Å²) in [6.07, 6.45) is 3.95. The molecule has 0 radical (unpaired) electrons. The maximum atomic E-state index is 12.8. The summed E-state index contributed by atoms with van der Waals surface area (Å²) in [5, 5.41) is 0. The second-order valence-electron chi connectivity index (χ2n) is 12.3. The normalized spacial score (nSPS) is 14.2. The van der Waals surface area contributed by atoms with Gasteiger partial charge in [0.2, 0.25) is 0 Å². The lowest BCUT2D eigenvalue weighted by molar-refractivity contribution is -0.138. The van der Waals surface area contributed by atoms with Crippen molar-refractivity contribution in [3.8, 4) is 0 Å². The van der Waals surface area contributed by atoms with Gasteiger partial charge in [0.1, 0.15) is 0 Å². The van der Waals surface area contributed by atoms with Crippen LogP contribution in [0.4, 0.5) is 0 Å². The zero-order valence-corrected chi connectivity index (χ0v) is 29.5. The number of rotatable bonds is 14. The zero-order valence-electron chi connectivity index (χ0n) is 25.5. The summed E-state index contributed by atoms with van der Waals surface area (Å²) in [6.45, 7) is 27.0. The molecule has 216 valence electrons. The van der Waals surface area contributed by atoms with Gasteiger partial charge in [-0.3, -0.25) is 4.79 Å². The minimum absolute atomic E-state index is 0.0592. The number of ether oxygens (including phenoxy) is 1. The summed E-state index contributed by atoms with van der Waals surface area (Å²) in [5.41, 5.74) is 2.86. The molecule has 2 aromatic carbocycles. The number of carbonyl (C=O) groups is 1. The number of esters is 1. The summed E-state index contributed by atoms with van der Waals surface area (Å²) in [5.74, 6) is -0.626. The van der Waals surface area contributed by atoms with Crippen molar-refractivity contribution in [1.29, 1.82) is 0 Å². The van der Waals surface area contributed by atoms with Crippen LogP contribution in [0.1, 0.15) is 17.5 Å². The monoisotopic (exact) mass is 611 g/mol.